The number of rotatable bonds is 7. The normalized spacial score (nSPS) is 18.7. The molecule has 2 atom stereocenters. The van der Waals surface area contributed by atoms with Gasteiger partial charge in [-0.2, -0.15) is 0 Å². The zero-order valence-electron chi connectivity index (χ0n) is 17.9. The molecular weight excluding hydrogens is 388 g/mol. The molecule has 0 radical (unpaired) electrons. The molecule has 0 aliphatic carbocycles. The van der Waals surface area contributed by atoms with Crippen LogP contribution in [0.4, 0.5) is 11.4 Å². The van der Waals surface area contributed by atoms with Crippen LogP contribution in [-0.4, -0.2) is 19.6 Å². The van der Waals surface area contributed by atoms with Crippen molar-refractivity contribution in [2.75, 3.05) is 24.5 Å². The van der Waals surface area contributed by atoms with Crippen LogP contribution in [0.15, 0.2) is 78.9 Å². The number of nitrogens with zero attached hydrogens (tertiary/aromatic N) is 1. The monoisotopic (exact) mass is 418 g/mol. The van der Waals surface area contributed by atoms with Gasteiger partial charge in [-0.3, -0.25) is 0 Å². The van der Waals surface area contributed by atoms with E-state index in [1.54, 1.807) is 0 Å². The molecule has 2 nitrogen and oxygen atoms in total. The summed E-state index contributed by atoms with van der Waals surface area (Å²) in [4.78, 5) is 2.44. The van der Waals surface area contributed by atoms with Crippen molar-refractivity contribution in [2.45, 2.75) is 26.2 Å². The minimum atomic E-state index is 0.570. The third-order valence-corrected chi connectivity index (χ3v) is 6.47. The van der Waals surface area contributed by atoms with E-state index in [9.17, 15) is 0 Å². The summed E-state index contributed by atoms with van der Waals surface area (Å²) in [6.45, 7) is 7.67. The van der Waals surface area contributed by atoms with E-state index in [-0.39, 0.29) is 0 Å². The number of anilines is 2. The molecule has 1 heterocycles. The number of hydrogen-bond acceptors (Lipinski definition) is 2. The Morgan fingerprint density at radius 1 is 0.867 bits per heavy atom. The van der Waals surface area contributed by atoms with Crippen molar-refractivity contribution < 1.29 is 0 Å². The highest BCUT2D eigenvalue weighted by Crippen LogP contribution is 2.31. The molecule has 0 saturated carbocycles. The molecule has 3 aromatic carbocycles. The first-order valence-corrected chi connectivity index (χ1v) is 11.4. The van der Waals surface area contributed by atoms with Crippen LogP contribution < -0.4 is 10.2 Å². The molecule has 0 bridgehead atoms. The van der Waals surface area contributed by atoms with Gasteiger partial charge < -0.3 is 10.2 Å². The van der Waals surface area contributed by atoms with Crippen LogP contribution in [0.2, 0.25) is 5.02 Å². The van der Waals surface area contributed by atoms with Gasteiger partial charge >= 0.3 is 0 Å². The molecule has 1 N–H and O–H groups in total. The standard InChI is InChI=1S/C27H31ClN2/c1-20(2)22-8-6-7-21(15-22)16-23-17-29-18-24(23)19-30(26-9-4-3-5-10-26)27-13-11-25(28)12-14-27/h3-15,20,23-24,29H,16-19H2,1-2H3/t23-,24+/m0/s1. The first kappa shape index (κ1) is 21.0. The third-order valence-electron chi connectivity index (χ3n) is 6.22. The molecule has 1 saturated heterocycles. The lowest BCUT2D eigenvalue weighted by molar-refractivity contribution is 0.423. The topological polar surface area (TPSA) is 15.3 Å². The van der Waals surface area contributed by atoms with Crippen LogP contribution in [0.25, 0.3) is 0 Å². The maximum atomic E-state index is 6.15. The van der Waals surface area contributed by atoms with Crippen LogP contribution in [-0.2, 0) is 6.42 Å². The quantitative estimate of drug-likeness (QED) is 0.460. The Bertz CT molecular complexity index is 937. The van der Waals surface area contributed by atoms with E-state index in [0.717, 1.165) is 31.1 Å². The van der Waals surface area contributed by atoms with Gasteiger partial charge in [0.05, 0.1) is 0 Å². The first-order valence-electron chi connectivity index (χ1n) is 11.0. The SMILES string of the molecule is CC(C)c1cccc(C[C@H]2CNC[C@@H]2CN(c2ccccc2)c2ccc(Cl)cc2)c1. The van der Waals surface area contributed by atoms with E-state index in [0.29, 0.717) is 17.8 Å². The lowest BCUT2D eigenvalue weighted by atomic mass is 9.88. The van der Waals surface area contributed by atoms with Gasteiger partial charge in [-0.15, -0.1) is 0 Å². The van der Waals surface area contributed by atoms with E-state index < -0.39 is 0 Å². The van der Waals surface area contributed by atoms with Crippen LogP contribution >= 0.6 is 11.6 Å². The Morgan fingerprint density at radius 3 is 2.30 bits per heavy atom. The molecular formula is C27H31ClN2. The summed E-state index contributed by atoms with van der Waals surface area (Å²) in [5, 5.41) is 4.42. The predicted octanol–water partition coefficient (Wildman–Crippen LogP) is 6.68. The fourth-order valence-electron chi connectivity index (χ4n) is 4.45. The molecule has 3 heteroatoms. The maximum Gasteiger partial charge on any atom is 0.0411 e. The Hall–Kier alpha value is -2.29. The summed E-state index contributed by atoms with van der Waals surface area (Å²) in [6.07, 6.45) is 1.13. The molecule has 0 unspecified atom stereocenters. The first-order chi connectivity index (χ1) is 14.6. The summed E-state index contributed by atoms with van der Waals surface area (Å²) < 4.78 is 0. The van der Waals surface area contributed by atoms with Gasteiger partial charge in [0.1, 0.15) is 0 Å². The molecule has 0 spiro atoms. The second-order valence-electron chi connectivity index (χ2n) is 8.70. The smallest absolute Gasteiger partial charge is 0.0411 e. The Labute approximate surface area is 185 Å². The minimum Gasteiger partial charge on any atom is -0.341 e. The predicted molar refractivity (Wildman–Crippen MR) is 129 cm³/mol. The van der Waals surface area contributed by atoms with Crippen molar-refractivity contribution >= 4 is 23.0 Å². The van der Waals surface area contributed by atoms with E-state index >= 15 is 0 Å². The lowest BCUT2D eigenvalue weighted by Gasteiger charge is -2.30. The van der Waals surface area contributed by atoms with Crippen molar-refractivity contribution in [3.8, 4) is 0 Å². The van der Waals surface area contributed by atoms with E-state index in [2.05, 4.69) is 90.8 Å². The van der Waals surface area contributed by atoms with Crippen LogP contribution in [0, 0.1) is 11.8 Å². The van der Waals surface area contributed by atoms with Gasteiger partial charge in [-0.1, -0.05) is 67.9 Å². The molecule has 156 valence electrons. The van der Waals surface area contributed by atoms with Gasteiger partial charge in [0.25, 0.3) is 0 Å². The van der Waals surface area contributed by atoms with E-state index in [1.807, 2.05) is 12.1 Å². The van der Waals surface area contributed by atoms with Crippen LogP contribution in [0.5, 0.6) is 0 Å². The largest absolute Gasteiger partial charge is 0.341 e. The summed E-state index contributed by atoms with van der Waals surface area (Å²) in [5.74, 6) is 1.79. The zero-order chi connectivity index (χ0) is 20.9. The Balaban J connectivity index is 1.54. The molecule has 3 aromatic rings. The molecule has 30 heavy (non-hydrogen) atoms. The van der Waals surface area contributed by atoms with Crippen molar-refractivity contribution in [1.29, 1.82) is 0 Å². The van der Waals surface area contributed by atoms with Crippen LogP contribution in [0.1, 0.15) is 30.9 Å². The summed E-state index contributed by atoms with van der Waals surface area (Å²) >= 11 is 6.15. The second-order valence-corrected chi connectivity index (χ2v) is 9.14. The molecule has 1 fully saturated rings. The van der Waals surface area contributed by atoms with Crippen molar-refractivity contribution in [1.82, 2.24) is 5.32 Å². The maximum absolute atomic E-state index is 6.15. The molecule has 1 aliphatic heterocycles. The Kier molecular flexibility index (Phi) is 6.76. The number of para-hydroxylation sites is 1. The number of nitrogens with one attached hydrogen (secondary N) is 1. The van der Waals surface area contributed by atoms with Gasteiger partial charge in [0.2, 0.25) is 0 Å². The fraction of sp³-hybridized carbons (Fsp3) is 0.333. The van der Waals surface area contributed by atoms with Gasteiger partial charge in [-0.25, -0.2) is 0 Å². The lowest BCUT2D eigenvalue weighted by Crippen LogP contribution is -2.30. The number of benzene rings is 3. The van der Waals surface area contributed by atoms with Crippen molar-refractivity contribution in [2.24, 2.45) is 11.8 Å². The molecule has 0 aromatic heterocycles. The van der Waals surface area contributed by atoms with Crippen LogP contribution in [0.3, 0.4) is 0 Å². The average molecular weight is 419 g/mol. The number of halogens is 1. The van der Waals surface area contributed by atoms with Crippen molar-refractivity contribution in [3.05, 3.63) is 95.0 Å². The highest BCUT2D eigenvalue weighted by atomic mass is 35.5. The summed E-state index contributed by atoms with van der Waals surface area (Å²) in [5.41, 5.74) is 5.31. The number of hydrogen-bond donors (Lipinski definition) is 1. The fourth-order valence-corrected chi connectivity index (χ4v) is 4.57. The van der Waals surface area contributed by atoms with E-state index in [4.69, 9.17) is 11.6 Å². The molecule has 4 rings (SSSR count). The summed E-state index contributed by atoms with van der Waals surface area (Å²) in [6, 6.07) is 28.0. The minimum absolute atomic E-state index is 0.570. The van der Waals surface area contributed by atoms with Crippen molar-refractivity contribution in [3.63, 3.8) is 0 Å². The Morgan fingerprint density at radius 2 is 1.57 bits per heavy atom. The zero-order valence-corrected chi connectivity index (χ0v) is 18.6. The van der Waals surface area contributed by atoms with Gasteiger partial charge in [-0.05, 0) is 84.8 Å². The second kappa shape index (κ2) is 9.68. The van der Waals surface area contributed by atoms with Gasteiger partial charge in [0, 0.05) is 22.9 Å². The average Bonchev–Trinajstić information content (AvgIpc) is 3.20. The third kappa shape index (κ3) is 5.06. The molecule has 1 aliphatic rings. The summed E-state index contributed by atoms with van der Waals surface area (Å²) in [7, 11) is 0. The highest BCUT2D eigenvalue weighted by molar-refractivity contribution is 6.30. The van der Waals surface area contributed by atoms with E-state index in [1.165, 1.54) is 22.5 Å². The van der Waals surface area contributed by atoms with Gasteiger partial charge in [0.15, 0.2) is 0 Å². The highest BCUT2D eigenvalue weighted by Gasteiger charge is 2.29. The molecule has 0 amide bonds.